The van der Waals surface area contributed by atoms with Crippen LogP contribution in [0.3, 0.4) is 0 Å². The van der Waals surface area contributed by atoms with Crippen LogP contribution in [0.2, 0.25) is 0 Å². The number of benzene rings is 1. The van der Waals surface area contributed by atoms with Crippen molar-refractivity contribution in [2.24, 2.45) is 0 Å². The Bertz CT molecular complexity index is 511. The molecule has 0 aliphatic rings. The Hall–Kier alpha value is -2.06. The van der Waals surface area contributed by atoms with Gasteiger partial charge in [-0.2, -0.15) is 11.8 Å². The minimum absolute atomic E-state index is 0.114. The monoisotopic (exact) mass is 339 g/mol. The largest absolute Gasteiger partial charge is 0.480 e. The molecule has 8 heteroatoms. The van der Waals surface area contributed by atoms with E-state index in [2.05, 4.69) is 28.1 Å². The number of aliphatic carboxylic acids is 1. The van der Waals surface area contributed by atoms with Crippen LogP contribution >= 0.6 is 11.8 Å². The Morgan fingerprint density at radius 1 is 0.957 bits per heavy atom. The highest BCUT2D eigenvalue weighted by Crippen LogP contribution is 2.10. The van der Waals surface area contributed by atoms with Gasteiger partial charge in [-0.25, -0.2) is 0 Å². The van der Waals surface area contributed by atoms with Crippen molar-refractivity contribution < 1.29 is 19.5 Å². The van der Waals surface area contributed by atoms with Gasteiger partial charge in [-0.05, 0) is 5.56 Å². The van der Waals surface area contributed by atoms with E-state index >= 15 is 0 Å². The molecule has 0 bridgehead atoms. The highest BCUT2D eigenvalue weighted by Gasteiger charge is 2.05. The van der Waals surface area contributed by atoms with Crippen molar-refractivity contribution in [1.82, 2.24) is 16.0 Å². The van der Waals surface area contributed by atoms with Crippen LogP contribution < -0.4 is 16.0 Å². The number of carbonyl (C=O) groups is 3. The number of carboxylic acids is 1. The number of carbonyl (C=O) groups excluding carboxylic acids is 2. The van der Waals surface area contributed by atoms with E-state index < -0.39 is 11.9 Å². The van der Waals surface area contributed by atoms with E-state index in [0.29, 0.717) is 6.54 Å². The molecule has 0 aliphatic carbocycles. The van der Waals surface area contributed by atoms with Gasteiger partial charge in [-0.3, -0.25) is 19.7 Å². The molecule has 0 fully saturated rings. The van der Waals surface area contributed by atoms with E-state index in [1.165, 1.54) is 5.56 Å². The molecular formula is C15H21N3O4S. The Morgan fingerprint density at radius 2 is 1.65 bits per heavy atom. The summed E-state index contributed by atoms with van der Waals surface area (Å²) < 4.78 is 0. The van der Waals surface area contributed by atoms with E-state index in [1.807, 2.05) is 18.2 Å². The summed E-state index contributed by atoms with van der Waals surface area (Å²) in [5.41, 5.74) is 1.24. The van der Waals surface area contributed by atoms with E-state index in [9.17, 15) is 14.4 Å². The van der Waals surface area contributed by atoms with Crippen LogP contribution in [0, 0.1) is 0 Å². The molecular weight excluding hydrogens is 318 g/mol. The summed E-state index contributed by atoms with van der Waals surface area (Å²) in [5, 5.41) is 16.0. The highest BCUT2D eigenvalue weighted by molar-refractivity contribution is 7.98. The smallest absolute Gasteiger partial charge is 0.317 e. The summed E-state index contributed by atoms with van der Waals surface area (Å²) in [6.45, 7) is -0.00876. The first-order valence-electron chi connectivity index (χ1n) is 7.15. The third kappa shape index (κ3) is 10.3. The lowest BCUT2D eigenvalue weighted by molar-refractivity contribution is -0.136. The zero-order chi connectivity index (χ0) is 16.9. The zero-order valence-corrected chi connectivity index (χ0v) is 13.5. The molecule has 0 spiro atoms. The predicted molar refractivity (Wildman–Crippen MR) is 89.1 cm³/mol. The lowest BCUT2D eigenvalue weighted by atomic mass is 10.2. The van der Waals surface area contributed by atoms with Crippen molar-refractivity contribution in [2.75, 3.05) is 31.9 Å². The number of rotatable bonds is 11. The summed E-state index contributed by atoms with van der Waals surface area (Å²) in [6.07, 6.45) is 0. The fourth-order valence-electron chi connectivity index (χ4n) is 1.61. The normalized spacial score (nSPS) is 10.1. The van der Waals surface area contributed by atoms with E-state index in [1.54, 1.807) is 11.8 Å². The summed E-state index contributed by atoms with van der Waals surface area (Å²) >= 11 is 1.72. The number of hydrogen-bond donors (Lipinski definition) is 4. The van der Waals surface area contributed by atoms with Gasteiger partial charge in [0.2, 0.25) is 11.8 Å². The second kappa shape index (κ2) is 11.5. The van der Waals surface area contributed by atoms with Gasteiger partial charge < -0.3 is 15.7 Å². The number of carboxylic acid groups (broad SMARTS) is 1. The SMILES string of the molecule is O=C(O)CNCC(=O)NCC(=O)NCCSCc1ccccc1. The number of hydrogen-bond acceptors (Lipinski definition) is 5. The minimum atomic E-state index is -1.04. The maximum absolute atomic E-state index is 11.5. The Labute approximate surface area is 139 Å². The fraction of sp³-hybridized carbons (Fsp3) is 0.400. The van der Waals surface area contributed by atoms with Crippen LogP contribution in [0.25, 0.3) is 0 Å². The first-order valence-corrected chi connectivity index (χ1v) is 8.31. The van der Waals surface area contributed by atoms with Crippen LogP contribution in [0.15, 0.2) is 30.3 Å². The van der Waals surface area contributed by atoms with Crippen molar-refractivity contribution in [1.29, 1.82) is 0 Å². The van der Waals surface area contributed by atoms with E-state index in [-0.39, 0.29) is 25.5 Å². The molecule has 1 aromatic rings. The van der Waals surface area contributed by atoms with Crippen molar-refractivity contribution in [3.05, 3.63) is 35.9 Å². The summed E-state index contributed by atoms with van der Waals surface area (Å²) in [5.74, 6) is -0.0439. The van der Waals surface area contributed by atoms with Crippen LogP contribution in [-0.4, -0.2) is 54.8 Å². The Morgan fingerprint density at radius 3 is 2.35 bits per heavy atom. The van der Waals surface area contributed by atoms with Gasteiger partial charge in [0, 0.05) is 18.1 Å². The average molecular weight is 339 g/mol. The molecule has 0 saturated heterocycles. The maximum atomic E-state index is 11.5. The van der Waals surface area contributed by atoms with E-state index in [0.717, 1.165) is 11.5 Å². The van der Waals surface area contributed by atoms with E-state index in [4.69, 9.17) is 5.11 Å². The molecule has 0 radical (unpaired) electrons. The summed E-state index contributed by atoms with van der Waals surface area (Å²) in [4.78, 5) is 33.1. The van der Waals surface area contributed by atoms with Crippen LogP contribution in [0.4, 0.5) is 0 Å². The fourth-order valence-corrected chi connectivity index (χ4v) is 2.43. The van der Waals surface area contributed by atoms with Crippen LogP contribution in [0.1, 0.15) is 5.56 Å². The molecule has 1 aromatic carbocycles. The minimum Gasteiger partial charge on any atom is -0.480 e. The van der Waals surface area contributed by atoms with Crippen LogP contribution in [0.5, 0.6) is 0 Å². The van der Waals surface area contributed by atoms with Gasteiger partial charge in [-0.1, -0.05) is 30.3 Å². The molecule has 0 aliphatic heterocycles. The van der Waals surface area contributed by atoms with Crippen molar-refractivity contribution >= 4 is 29.5 Å². The van der Waals surface area contributed by atoms with Gasteiger partial charge in [0.25, 0.3) is 0 Å². The van der Waals surface area contributed by atoms with Crippen LogP contribution in [-0.2, 0) is 20.1 Å². The van der Waals surface area contributed by atoms with Crippen molar-refractivity contribution in [3.63, 3.8) is 0 Å². The molecule has 126 valence electrons. The topological polar surface area (TPSA) is 108 Å². The first kappa shape index (κ1) is 19.0. The molecule has 0 aromatic heterocycles. The molecule has 7 nitrogen and oxygen atoms in total. The predicted octanol–water partition coefficient (Wildman–Crippen LogP) is -0.174. The molecule has 4 N–H and O–H groups in total. The van der Waals surface area contributed by atoms with Gasteiger partial charge >= 0.3 is 5.97 Å². The molecule has 0 saturated carbocycles. The molecule has 23 heavy (non-hydrogen) atoms. The van der Waals surface area contributed by atoms with Crippen molar-refractivity contribution in [2.45, 2.75) is 5.75 Å². The lowest BCUT2D eigenvalue weighted by Gasteiger charge is -2.07. The Balaban J connectivity index is 1.99. The lowest BCUT2D eigenvalue weighted by Crippen LogP contribution is -2.42. The molecule has 0 unspecified atom stereocenters. The Kier molecular flexibility index (Phi) is 9.49. The second-order valence-electron chi connectivity index (χ2n) is 4.66. The quantitative estimate of drug-likeness (QED) is 0.417. The molecule has 2 amide bonds. The highest BCUT2D eigenvalue weighted by atomic mass is 32.2. The number of amides is 2. The second-order valence-corrected chi connectivity index (χ2v) is 5.77. The van der Waals surface area contributed by atoms with Gasteiger partial charge in [0.05, 0.1) is 19.6 Å². The average Bonchev–Trinajstić information content (AvgIpc) is 2.53. The maximum Gasteiger partial charge on any atom is 0.317 e. The summed E-state index contributed by atoms with van der Waals surface area (Å²) in [6, 6.07) is 10.1. The zero-order valence-electron chi connectivity index (χ0n) is 12.7. The standard InChI is InChI=1S/C15H21N3O4S/c19-13(8-16-10-15(21)22)18-9-14(20)17-6-7-23-11-12-4-2-1-3-5-12/h1-5,16H,6-11H2,(H,17,20)(H,18,19)(H,21,22). The number of thioether (sulfide) groups is 1. The van der Waals surface area contributed by atoms with Gasteiger partial charge in [0.1, 0.15) is 0 Å². The molecule has 1 rings (SSSR count). The summed E-state index contributed by atoms with van der Waals surface area (Å²) in [7, 11) is 0. The molecule has 0 atom stereocenters. The van der Waals surface area contributed by atoms with Gasteiger partial charge in [-0.15, -0.1) is 0 Å². The third-order valence-electron chi connectivity index (χ3n) is 2.69. The first-order chi connectivity index (χ1) is 11.1. The van der Waals surface area contributed by atoms with Gasteiger partial charge in [0.15, 0.2) is 0 Å². The number of nitrogens with one attached hydrogen (secondary N) is 3. The molecule has 0 heterocycles. The van der Waals surface area contributed by atoms with Crippen molar-refractivity contribution in [3.8, 4) is 0 Å². The third-order valence-corrected chi connectivity index (χ3v) is 3.72.